The standard InChI is InChI=1S/C13H13N5/c1-9-5-3-4-6-11(9)8-18-12(7-14)16-13(17-18)10(2)15/h3-6,15H,8H2,1-2H3. The number of hydrogen-bond donors (Lipinski definition) is 1. The molecule has 5 nitrogen and oxygen atoms in total. The van der Waals surface area contributed by atoms with E-state index in [4.69, 9.17) is 10.7 Å². The third kappa shape index (κ3) is 2.28. The number of rotatable bonds is 3. The lowest BCUT2D eigenvalue weighted by atomic mass is 10.1. The van der Waals surface area contributed by atoms with Gasteiger partial charge in [0.1, 0.15) is 6.07 Å². The van der Waals surface area contributed by atoms with E-state index in [-0.39, 0.29) is 11.5 Å². The Hall–Kier alpha value is -2.48. The average Bonchev–Trinajstić information content (AvgIpc) is 2.75. The fourth-order valence-electron chi connectivity index (χ4n) is 1.64. The Morgan fingerprint density at radius 2 is 2.17 bits per heavy atom. The van der Waals surface area contributed by atoms with Crippen LogP contribution < -0.4 is 0 Å². The van der Waals surface area contributed by atoms with Gasteiger partial charge in [0.05, 0.1) is 12.3 Å². The number of nitrogens with one attached hydrogen (secondary N) is 1. The molecule has 0 saturated heterocycles. The minimum absolute atomic E-state index is 0.236. The molecule has 0 spiro atoms. The van der Waals surface area contributed by atoms with Crippen molar-refractivity contribution in [2.45, 2.75) is 20.4 Å². The van der Waals surface area contributed by atoms with E-state index < -0.39 is 0 Å². The molecule has 1 N–H and O–H groups in total. The lowest BCUT2D eigenvalue weighted by Crippen LogP contribution is -2.06. The normalized spacial score (nSPS) is 10.1. The van der Waals surface area contributed by atoms with Crippen LogP contribution in [0, 0.1) is 23.7 Å². The number of nitrogens with zero attached hydrogens (tertiary/aromatic N) is 4. The zero-order valence-electron chi connectivity index (χ0n) is 10.3. The van der Waals surface area contributed by atoms with Crippen molar-refractivity contribution in [2.24, 2.45) is 0 Å². The SMILES string of the molecule is CC(=N)c1nc(C#N)n(Cc2ccccc2C)n1. The Kier molecular flexibility index (Phi) is 3.20. The monoisotopic (exact) mass is 239 g/mol. The van der Waals surface area contributed by atoms with Gasteiger partial charge in [-0.25, -0.2) is 4.68 Å². The smallest absolute Gasteiger partial charge is 0.231 e. The fourth-order valence-corrected chi connectivity index (χ4v) is 1.64. The minimum atomic E-state index is 0.236. The molecule has 2 aromatic rings. The second-order valence-electron chi connectivity index (χ2n) is 4.08. The van der Waals surface area contributed by atoms with Gasteiger partial charge in [0.2, 0.25) is 5.82 Å². The summed E-state index contributed by atoms with van der Waals surface area (Å²) < 4.78 is 1.54. The lowest BCUT2D eigenvalue weighted by Gasteiger charge is -2.05. The summed E-state index contributed by atoms with van der Waals surface area (Å²) in [5, 5.41) is 20.7. The molecule has 0 aliphatic rings. The quantitative estimate of drug-likeness (QED) is 0.831. The maximum atomic E-state index is 9.02. The van der Waals surface area contributed by atoms with E-state index in [1.165, 1.54) is 4.68 Å². The number of aryl methyl sites for hydroxylation is 1. The summed E-state index contributed by atoms with van der Waals surface area (Å²) in [6.45, 7) is 4.12. The minimum Gasteiger partial charge on any atom is -0.302 e. The molecule has 5 heteroatoms. The Labute approximate surface area is 105 Å². The van der Waals surface area contributed by atoms with Crippen molar-refractivity contribution in [3.8, 4) is 6.07 Å². The van der Waals surface area contributed by atoms with Crippen LogP contribution in [0.3, 0.4) is 0 Å². The van der Waals surface area contributed by atoms with E-state index in [0.29, 0.717) is 12.4 Å². The molecule has 90 valence electrons. The van der Waals surface area contributed by atoms with Crippen LogP contribution in [0.1, 0.15) is 29.7 Å². The molecule has 0 amide bonds. The van der Waals surface area contributed by atoms with Gasteiger partial charge < -0.3 is 5.41 Å². The van der Waals surface area contributed by atoms with Crippen LogP contribution in [0.2, 0.25) is 0 Å². The first kappa shape index (κ1) is 12.0. The summed E-state index contributed by atoms with van der Waals surface area (Å²) in [7, 11) is 0. The number of nitriles is 1. The highest BCUT2D eigenvalue weighted by Crippen LogP contribution is 2.10. The molecule has 0 saturated carbocycles. The third-order valence-corrected chi connectivity index (χ3v) is 2.69. The predicted octanol–water partition coefficient (Wildman–Crippen LogP) is 1.89. The van der Waals surface area contributed by atoms with E-state index in [1.807, 2.05) is 37.3 Å². The number of hydrogen-bond acceptors (Lipinski definition) is 4. The van der Waals surface area contributed by atoms with Crippen LogP contribution >= 0.6 is 0 Å². The summed E-state index contributed by atoms with van der Waals surface area (Å²) in [5.74, 6) is 0.542. The van der Waals surface area contributed by atoms with Gasteiger partial charge in [-0.3, -0.25) is 0 Å². The molecule has 0 bridgehead atoms. The molecule has 0 aliphatic heterocycles. The maximum Gasteiger partial charge on any atom is 0.231 e. The molecule has 1 heterocycles. The molecular formula is C13H13N5. The maximum absolute atomic E-state index is 9.02. The van der Waals surface area contributed by atoms with Crippen LogP contribution in [0.15, 0.2) is 24.3 Å². The van der Waals surface area contributed by atoms with Crippen molar-refractivity contribution in [3.63, 3.8) is 0 Å². The van der Waals surface area contributed by atoms with Crippen molar-refractivity contribution < 1.29 is 0 Å². The molecular weight excluding hydrogens is 226 g/mol. The third-order valence-electron chi connectivity index (χ3n) is 2.69. The summed E-state index contributed by atoms with van der Waals surface area (Å²) in [6, 6.07) is 9.94. The molecule has 0 aliphatic carbocycles. The van der Waals surface area contributed by atoms with Crippen molar-refractivity contribution in [2.75, 3.05) is 0 Å². The van der Waals surface area contributed by atoms with Gasteiger partial charge in [-0.15, -0.1) is 5.10 Å². The van der Waals surface area contributed by atoms with E-state index in [2.05, 4.69) is 10.1 Å². The highest BCUT2D eigenvalue weighted by Gasteiger charge is 2.11. The Balaban J connectivity index is 2.38. The van der Waals surface area contributed by atoms with Crippen LogP contribution in [-0.2, 0) is 6.54 Å². The van der Waals surface area contributed by atoms with E-state index in [1.54, 1.807) is 6.92 Å². The molecule has 0 unspecified atom stereocenters. The van der Waals surface area contributed by atoms with E-state index >= 15 is 0 Å². The van der Waals surface area contributed by atoms with Gasteiger partial charge in [0.15, 0.2) is 5.82 Å². The lowest BCUT2D eigenvalue weighted by molar-refractivity contribution is 0.670. The number of aromatic nitrogens is 3. The highest BCUT2D eigenvalue weighted by atomic mass is 15.3. The summed E-state index contributed by atoms with van der Waals surface area (Å²) in [5.41, 5.74) is 2.49. The van der Waals surface area contributed by atoms with Crippen molar-refractivity contribution in [1.29, 1.82) is 10.7 Å². The number of benzene rings is 1. The predicted molar refractivity (Wildman–Crippen MR) is 67.5 cm³/mol. The zero-order valence-corrected chi connectivity index (χ0v) is 10.3. The second kappa shape index (κ2) is 4.80. The zero-order chi connectivity index (χ0) is 13.1. The average molecular weight is 239 g/mol. The molecule has 0 fully saturated rings. The summed E-state index contributed by atoms with van der Waals surface area (Å²) >= 11 is 0. The summed E-state index contributed by atoms with van der Waals surface area (Å²) in [6.07, 6.45) is 0. The van der Waals surface area contributed by atoms with Gasteiger partial charge in [0.25, 0.3) is 0 Å². The Bertz CT molecular complexity index is 633. The molecule has 0 atom stereocenters. The van der Waals surface area contributed by atoms with Gasteiger partial charge in [-0.2, -0.15) is 10.2 Å². The first-order valence-corrected chi connectivity index (χ1v) is 5.57. The Morgan fingerprint density at radius 1 is 1.44 bits per heavy atom. The molecule has 18 heavy (non-hydrogen) atoms. The van der Waals surface area contributed by atoms with Crippen molar-refractivity contribution in [3.05, 3.63) is 47.0 Å². The van der Waals surface area contributed by atoms with Crippen LogP contribution in [0.4, 0.5) is 0 Å². The first-order valence-electron chi connectivity index (χ1n) is 5.57. The van der Waals surface area contributed by atoms with Crippen LogP contribution in [0.25, 0.3) is 0 Å². The summed E-state index contributed by atoms with van der Waals surface area (Å²) in [4.78, 5) is 4.02. The van der Waals surface area contributed by atoms with Crippen LogP contribution in [0.5, 0.6) is 0 Å². The Morgan fingerprint density at radius 3 is 2.78 bits per heavy atom. The molecule has 2 rings (SSSR count). The topological polar surface area (TPSA) is 78.4 Å². The van der Waals surface area contributed by atoms with Crippen molar-refractivity contribution >= 4 is 5.71 Å². The second-order valence-corrected chi connectivity index (χ2v) is 4.08. The van der Waals surface area contributed by atoms with Gasteiger partial charge in [-0.1, -0.05) is 24.3 Å². The highest BCUT2D eigenvalue weighted by molar-refractivity contribution is 5.92. The molecule has 1 aromatic carbocycles. The molecule has 0 radical (unpaired) electrons. The van der Waals surface area contributed by atoms with E-state index in [9.17, 15) is 0 Å². The molecule has 1 aromatic heterocycles. The van der Waals surface area contributed by atoms with Gasteiger partial charge in [0, 0.05) is 0 Å². The largest absolute Gasteiger partial charge is 0.302 e. The van der Waals surface area contributed by atoms with E-state index in [0.717, 1.165) is 11.1 Å². The first-order chi connectivity index (χ1) is 8.61. The fraction of sp³-hybridized carbons (Fsp3) is 0.231. The van der Waals surface area contributed by atoms with Gasteiger partial charge >= 0.3 is 0 Å². The van der Waals surface area contributed by atoms with Crippen molar-refractivity contribution in [1.82, 2.24) is 14.8 Å². The van der Waals surface area contributed by atoms with Gasteiger partial charge in [-0.05, 0) is 25.0 Å². The van der Waals surface area contributed by atoms with Crippen LogP contribution in [-0.4, -0.2) is 20.5 Å².